The lowest BCUT2D eigenvalue weighted by Crippen LogP contribution is -2.40. The predicted molar refractivity (Wildman–Crippen MR) is 96.9 cm³/mol. The van der Waals surface area contributed by atoms with E-state index < -0.39 is 0 Å². The molecule has 1 aliphatic heterocycles. The van der Waals surface area contributed by atoms with Gasteiger partial charge in [0.05, 0.1) is 12.4 Å². The zero-order chi connectivity index (χ0) is 17.2. The quantitative estimate of drug-likeness (QED) is 0.736. The number of carbonyl (C=O) groups excluding carboxylic acids is 1. The highest BCUT2D eigenvalue weighted by atomic mass is 16.2. The molecule has 25 heavy (non-hydrogen) atoms. The molecule has 5 heteroatoms. The van der Waals surface area contributed by atoms with Crippen molar-refractivity contribution in [3.63, 3.8) is 0 Å². The molecule has 0 N–H and O–H groups in total. The van der Waals surface area contributed by atoms with Gasteiger partial charge in [0.2, 0.25) is 0 Å². The van der Waals surface area contributed by atoms with E-state index >= 15 is 0 Å². The molecule has 0 spiro atoms. The van der Waals surface area contributed by atoms with Gasteiger partial charge in [-0.25, -0.2) is 4.98 Å². The smallest absolute Gasteiger partial charge is 0.254 e. The van der Waals surface area contributed by atoms with Crippen LogP contribution < -0.4 is 0 Å². The van der Waals surface area contributed by atoms with Gasteiger partial charge in [-0.2, -0.15) is 0 Å². The molecule has 0 radical (unpaired) electrons. The van der Waals surface area contributed by atoms with E-state index in [4.69, 9.17) is 0 Å². The zero-order valence-corrected chi connectivity index (χ0v) is 14.4. The van der Waals surface area contributed by atoms with E-state index in [0.29, 0.717) is 6.04 Å². The van der Waals surface area contributed by atoms with Gasteiger partial charge in [0.15, 0.2) is 0 Å². The van der Waals surface area contributed by atoms with Gasteiger partial charge in [-0.3, -0.25) is 4.79 Å². The second-order valence-electron chi connectivity index (χ2n) is 6.65. The van der Waals surface area contributed by atoms with Crippen molar-refractivity contribution in [2.45, 2.75) is 25.8 Å². The molecular formula is C20H22N4O. The third-order valence-electron chi connectivity index (χ3n) is 4.97. The minimum absolute atomic E-state index is 0.126. The molecule has 128 valence electrons. The first-order valence-electron chi connectivity index (χ1n) is 8.73. The average molecular weight is 334 g/mol. The Morgan fingerprint density at radius 3 is 2.76 bits per heavy atom. The standard InChI is InChI=1S/C20H22N4O/c1-16-13-17(22-9-2-3-10-22)6-7-19(16)20(25)23-11-4-5-18(14-23)24-12-8-21-15-24/h2-3,6-10,12-13,15,18H,4-5,11,14H2,1H3/t18-/m0/s1. The number of carbonyl (C=O) groups is 1. The number of amides is 1. The van der Waals surface area contributed by atoms with E-state index in [9.17, 15) is 4.79 Å². The monoisotopic (exact) mass is 334 g/mol. The molecule has 1 atom stereocenters. The topological polar surface area (TPSA) is 43.1 Å². The van der Waals surface area contributed by atoms with Crippen LogP contribution in [0, 0.1) is 6.92 Å². The Morgan fingerprint density at radius 1 is 1.20 bits per heavy atom. The zero-order valence-electron chi connectivity index (χ0n) is 14.4. The van der Waals surface area contributed by atoms with E-state index in [1.54, 1.807) is 6.20 Å². The van der Waals surface area contributed by atoms with E-state index in [1.165, 1.54) is 0 Å². The van der Waals surface area contributed by atoms with Gasteiger partial charge in [0.1, 0.15) is 0 Å². The summed E-state index contributed by atoms with van der Waals surface area (Å²) in [5, 5.41) is 0. The molecule has 4 rings (SSSR count). The second-order valence-corrected chi connectivity index (χ2v) is 6.65. The van der Waals surface area contributed by atoms with Crippen molar-refractivity contribution in [1.82, 2.24) is 19.0 Å². The molecule has 2 aromatic heterocycles. The Hall–Kier alpha value is -2.82. The molecule has 1 aliphatic rings. The van der Waals surface area contributed by atoms with Crippen molar-refractivity contribution in [2.75, 3.05) is 13.1 Å². The normalized spacial score (nSPS) is 17.6. The minimum Gasteiger partial charge on any atom is -0.337 e. The molecule has 3 heterocycles. The summed E-state index contributed by atoms with van der Waals surface area (Å²) >= 11 is 0. The number of benzene rings is 1. The number of nitrogens with zero attached hydrogens (tertiary/aromatic N) is 4. The SMILES string of the molecule is Cc1cc(-n2cccc2)ccc1C(=O)N1CCC[C@H](n2ccnc2)C1. The first-order valence-corrected chi connectivity index (χ1v) is 8.73. The molecule has 5 nitrogen and oxygen atoms in total. The Balaban J connectivity index is 1.54. The Morgan fingerprint density at radius 2 is 2.04 bits per heavy atom. The summed E-state index contributed by atoms with van der Waals surface area (Å²) in [5.41, 5.74) is 2.89. The van der Waals surface area contributed by atoms with Crippen LogP contribution in [0.2, 0.25) is 0 Å². The highest BCUT2D eigenvalue weighted by Crippen LogP contribution is 2.24. The van der Waals surface area contributed by atoms with Crippen LogP contribution in [0.3, 0.4) is 0 Å². The van der Waals surface area contributed by atoms with Crippen molar-refractivity contribution in [1.29, 1.82) is 0 Å². The molecule has 3 aromatic rings. The Kier molecular flexibility index (Phi) is 4.14. The van der Waals surface area contributed by atoms with Crippen LogP contribution in [0.25, 0.3) is 5.69 Å². The Bertz CT molecular complexity index is 852. The lowest BCUT2D eigenvalue weighted by molar-refractivity contribution is 0.0678. The van der Waals surface area contributed by atoms with Crippen LogP contribution in [0.1, 0.15) is 34.8 Å². The lowest BCUT2D eigenvalue weighted by atomic mass is 10.0. The first-order chi connectivity index (χ1) is 12.2. The summed E-state index contributed by atoms with van der Waals surface area (Å²) in [5.74, 6) is 0.126. The summed E-state index contributed by atoms with van der Waals surface area (Å²) in [6.07, 6.45) is 11.8. The summed E-state index contributed by atoms with van der Waals surface area (Å²) in [4.78, 5) is 19.1. The number of likely N-dealkylation sites (tertiary alicyclic amines) is 1. The molecule has 1 aromatic carbocycles. The van der Waals surface area contributed by atoms with E-state index in [2.05, 4.69) is 20.2 Å². The number of rotatable bonds is 3. The molecule has 0 bridgehead atoms. The first kappa shape index (κ1) is 15.7. The number of piperidine rings is 1. The summed E-state index contributed by atoms with van der Waals surface area (Å²) < 4.78 is 4.17. The highest BCUT2D eigenvalue weighted by molar-refractivity contribution is 5.96. The van der Waals surface area contributed by atoms with E-state index in [1.807, 2.05) is 61.0 Å². The number of imidazole rings is 1. The molecule has 1 fully saturated rings. The van der Waals surface area contributed by atoms with Gasteiger partial charge >= 0.3 is 0 Å². The molecule has 1 amide bonds. The van der Waals surface area contributed by atoms with Crippen LogP contribution in [0.15, 0.2) is 61.4 Å². The van der Waals surface area contributed by atoms with Crippen LogP contribution in [0.4, 0.5) is 0 Å². The fourth-order valence-corrected chi connectivity index (χ4v) is 3.59. The third-order valence-corrected chi connectivity index (χ3v) is 4.97. The number of aryl methyl sites for hydroxylation is 1. The van der Waals surface area contributed by atoms with Gasteiger partial charge in [-0.05, 0) is 55.7 Å². The summed E-state index contributed by atoms with van der Waals surface area (Å²) in [7, 11) is 0. The highest BCUT2D eigenvalue weighted by Gasteiger charge is 2.26. The van der Waals surface area contributed by atoms with Crippen LogP contribution in [-0.4, -0.2) is 38.0 Å². The molecule has 0 saturated carbocycles. The minimum atomic E-state index is 0.126. The van der Waals surface area contributed by atoms with Crippen molar-refractivity contribution in [3.8, 4) is 5.69 Å². The predicted octanol–water partition coefficient (Wildman–Crippen LogP) is 3.46. The summed E-state index contributed by atoms with van der Waals surface area (Å²) in [6.45, 7) is 3.58. The van der Waals surface area contributed by atoms with E-state index in [-0.39, 0.29) is 5.91 Å². The van der Waals surface area contributed by atoms with E-state index in [0.717, 1.165) is 42.7 Å². The van der Waals surface area contributed by atoms with Crippen LogP contribution in [-0.2, 0) is 0 Å². The fourth-order valence-electron chi connectivity index (χ4n) is 3.59. The molecule has 0 unspecified atom stereocenters. The average Bonchev–Trinajstić information content (AvgIpc) is 3.35. The lowest BCUT2D eigenvalue weighted by Gasteiger charge is -2.33. The van der Waals surface area contributed by atoms with Crippen molar-refractivity contribution in [3.05, 3.63) is 72.6 Å². The third kappa shape index (κ3) is 3.09. The van der Waals surface area contributed by atoms with Crippen molar-refractivity contribution in [2.24, 2.45) is 0 Å². The largest absolute Gasteiger partial charge is 0.337 e. The number of aromatic nitrogens is 3. The van der Waals surface area contributed by atoms with Crippen molar-refractivity contribution < 1.29 is 4.79 Å². The van der Waals surface area contributed by atoms with Gasteiger partial charge in [-0.1, -0.05) is 0 Å². The molecule has 1 saturated heterocycles. The maximum atomic E-state index is 13.0. The number of hydrogen-bond donors (Lipinski definition) is 0. The maximum absolute atomic E-state index is 13.0. The molecular weight excluding hydrogens is 312 g/mol. The summed E-state index contributed by atoms with van der Waals surface area (Å²) in [6, 6.07) is 10.4. The second kappa shape index (κ2) is 6.59. The van der Waals surface area contributed by atoms with Gasteiger partial charge < -0.3 is 14.0 Å². The van der Waals surface area contributed by atoms with Gasteiger partial charge in [0, 0.05) is 49.1 Å². The van der Waals surface area contributed by atoms with Crippen molar-refractivity contribution >= 4 is 5.91 Å². The number of hydrogen-bond acceptors (Lipinski definition) is 2. The maximum Gasteiger partial charge on any atom is 0.254 e. The van der Waals surface area contributed by atoms with Gasteiger partial charge in [-0.15, -0.1) is 0 Å². The molecule has 0 aliphatic carbocycles. The van der Waals surface area contributed by atoms with Crippen LogP contribution >= 0.6 is 0 Å². The van der Waals surface area contributed by atoms with Gasteiger partial charge in [0.25, 0.3) is 5.91 Å². The van der Waals surface area contributed by atoms with Crippen LogP contribution in [0.5, 0.6) is 0 Å². The fraction of sp³-hybridized carbons (Fsp3) is 0.300. The Labute approximate surface area is 147 Å².